The summed E-state index contributed by atoms with van der Waals surface area (Å²) < 4.78 is 10.8. The van der Waals surface area contributed by atoms with E-state index >= 15 is 0 Å². The van der Waals surface area contributed by atoms with Crippen LogP contribution in [-0.2, 0) is 13.1 Å². The first kappa shape index (κ1) is 15.2. The summed E-state index contributed by atoms with van der Waals surface area (Å²) in [6.07, 6.45) is 4.21. The molecule has 1 aromatic heterocycles. The van der Waals surface area contributed by atoms with Crippen LogP contribution < -0.4 is 14.8 Å². The number of pyridine rings is 1. The molecular weight excluding hydrogens is 322 g/mol. The Labute approximate surface area is 146 Å². The second-order valence-corrected chi connectivity index (χ2v) is 6.41. The van der Waals surface area contributed by atoms with Gasteiger partial charge < -0.3 is 19.7 Å². The van der Waals surface area contributed by atoms with Crippen molar-refractivity contribution < 1.29 is 9.47 Å². The number of thiocarbonyl (C=S) groups is 1. The average Bonchev–Trinajstić information content (AvgIpc) is 3.35. The van der Waals surface area contributed by atoms with Crippen LogP contribution in [0.5, 0.6) is 11.5 Å². The monoisotopic (exact) mass is 341 g/mol. The number of benzene rings is 1. The lowest BCUT2D eigenvalue weighted by Gasteiger charge is -2.25. The summed E-state index contributed by atoms with van der Waals surface area (Å²) in [4.78, 5) is 6.65. The van der Waals surface area contributed by atoms with Crippen molar-refractivity contribution in [3.8, 4) is 11.5 Å². The summed E-state index contributed by atoms with van der Waals surface area (Å²) in [6.45, 7) is 1.71. The summed E-state index contributed by atoms with van der Waals surface area (Å²) in [5, 5.41) is 4.14. The molecule has 0 spiro atoms. The van der Waals surface area contributed by atoms with Crippen LogP contribution in [0.2, 0.25) is 0 Å². The van der Waals surface area contributed by atoms with Gasteiger partial charge in [0.2, 0.25) is 6.79 Å². The van der Waals surface area contributed by atoms with Crippen LogP contribution in [0.15, 0.2) is 42.6 Å². The first-order valence-electron chi connectivity index (χ1n) is 8.12. The van der Waals surface area contributed by atoms with Crippen LogP contribution in [-0.4, -0.2) is 27.8 Å². The van der Waals surface area contributed by atoms with E-state index in [-0.39, 0.29) is 0 Å². The summed E-state index contributed by atoms with van der Waals surface area (Å²) >= 11 is 5.62. The van der Waals surface area contributed by atoms with Crippen molar-refractivity contribution in [2.75, 3.05) is 6.79 Å². The van der Waals surface area contributed by atoms with Gasteiger partial charge in [0.15, 0.2) is 16.6 Å². The lowest BCUT2D eigenvalue weighted by atomic mass is 10.2. The minimum absolute atomic E-state index is 0.296. The van der Waals surface area contributed by atoms with E-state index < -0.39 is 0 Å². The number of ether oxygens (including phenoxy) is 2. The van der Waals surface area contributed by atoms with Crippen molar-refractivity contribution in [1.82, 2.24) is 15.2 Å². The molecule has 24 heavy (non-hydrogen) atoms. The Morgan fingerprint density at radius 1 is 1.21 bits per heavy atom. The van der Waals surface area contributed by atoms with Gasteiger partial charge in [0.05, 0.1) is 12.2 Å². The summed E-state index contributed by atoms with van der Waals surface area (Å²) in [7, 11) is 0. The van der Waals surface area contributed by atoms with Crippen LogP contribution in [0.4, 0.5) is 0 Å². The third-order valence-corrected chi connectivity index (χ3v) is 4.57. The third-order valence-electron chi connectivity index (χ3n) is 4.19. The highest BCUT2D eigenvalue weighted by Crippen LogP contribution is 2.32. The molecule has 1 aliphatic carbocycles. The van der Waals surface area contributed by atoms with Gasteiger partial charge in [-0.2, -0.15) is 0 Å². The smallest absolute Gasteiger partial charge is 0.231 e. The van der Waals surface area contributed by atoms with Gasteiger partial charge in [-0.1, -0.05) is 12.1 Å². The van der Waals surface area contributed by atoms with Crippen molar-refractivity contribution in [2.45, 2.75) is 32.0 Å². The average molecular weight is 341 g/mol. The number of hydrogen-bond acceptors (Lipinski definition) is 4. The molecule has 1 fully saturated rings. The quantitative estimate of drug-likeness (QED) is 0.844. The Bertz CT molecular complexity index is 734. The van der Waals surface area contributed by atoms with Gasteiger partial charge in [0.25, 0.3) is 0 Å². The number of hydrogen-bond donors (Lipinski definition) is 1. The van der Waals surface area contributed by atoms with E-state index in [1.165, 1.54) is 12.8 Å². The van der Waals surface area contributed by atoms with Gasteiger partial charge in [-0.3, -0.25) is 4.98 Å². The van der Waals surface area contributed by atoms with Crippen LogP contribution in [0.1, 0.15) is 24.1 Å². The number of nitrogens with zero attached hydrogens (tertiary/aromatic N) is 2. The van der Waals surface area contributed by atoms with E-state index in [9.17, 15) is 0 Å². The lowest BCUT2D eigenvalue weighted by molar-refractivity contribution is 0.174. The highest BCUT2D eigenvalue weighted by Gasteiger charge is 2.31. The molecule has 2 aromatic rings. The first-order chi connectivity index (χ1) is 11.8. The summed E-state index contributed by atoms with van der Waals surface area (Å²) in [6, 6.07) is 12.5. The SMILES string of the molecule is S=C(NCc1ccc2c(c1)OCO2)N(Cc1ccccn1)C1CC1. The fourth-order valence-electron chi connectivity index (χ4n) is 2.75. The standard InChI is InChI=1S/C18H19N3O2S/c24-18(20-10-13-4-7-16-17(9-13)23-12-22-16)21(15-5-6-15)11-14-3-1-2-8-19-14/h1-4,7-9,15H,5-6,10-12H2,(H,20,24). The molecule has 0 atom stereocenters. The molecule has 1 N–H and O–H groups in total. The maximum atomic E-state index is 5.62. The minimum atomic E-state index is 0.296. The molecule has 4 rings (SSSR count). The molecule has 0 radical (unpaired) electrons. The predicted molar refractivity (Wildman–Crippen MR) is 94.8 cm³/mol. The maximum absolute atomic E-state index is 5.62. The second-order valence-electron chi connectivity index (χ2n) is 6.03. The molecule has 0 saturated heterocycles. The van der Waals surface area contributed by atoms with Crippen molar-refractivity contribution >= 4 is 17.3 Å². The fraction of sp³-hybridized carbons (Fsp3) is 0.333. The van der Waals surface area contributed by atoms with Gasteiger partial charge in [0.1, 0.15) is 0 Å². The van der Waals surface area contributed by atoms with Gasteiger partial charge in [-0.15, -0.1) is 0 Å². The van der Waals surface area contributed by atoms with Crippen LogP contribution in [0.3, 0.4) is 0 Å². The number of fused-ring (bicyclic) bond motifs is 1. The largest absolute Gasteiger partial charge is 0.454 e. The van der Waals surface area contributed by atoms with Crippen LogP contribution in [0.25, 0.3) is 0 Å². The molecule has 1 aliphatic heterocycles. The highest BCUT2D eigenvalue weighted by molar-refractivity contribution is 7.80. The number of rotatable bonds is 5. The Balaban J connectivity index is 1.38. The Hall–Kier alpha value is -2.34. The summed E-state index contributed by atoms with van der Waals surface area (Å²) in [5.74, 6) is 1.60. The van der Waals surface area contributed by atoms with Crippen molar-refractivity contribution in [3.05, 3.63) is 53.9 Å². The molecular formula is C18H19N3O2S. The predicted octanol–water partition coefficient (Wildman–Crippen LogP) is 2.85. The molecule has 2 aliphatic rings. The second kappa shape index (κ2) is 6.65. The Morgan fingerprint density at radius 3 is 2.88 bits per heavy atom. The molecule has 0 unspecified atom stereocenters. The normalized spacial score (nSPS) is 15.2. The topological polar surface area (TPSA) is 46.6 Å². The molecule has 1 saturated carbocycles. The zero-order chi connectivity index (χ0) is 16.4. The van der Waals surface area contributed by atoms with Crippen LogP contribution in [0, 0.1) is 0 Å². The van der Waals surface area contributed by atoms with E-state index in [0.29, 0.717) is 19.4 Å². The molecule has 1 aromatic carbocycles. The van der Waals surface area contributed by atoms with Crippen LogP contribution >= 0.6 is 12.2 Å². The van der Waals surface area contributed by atoms with Gasteiger partial charge in [0, 0.05) is 18.8 Å². The molecule has 0 amide bonds. The molecule has 5 nitrogen and oxygen atoms in total. The Kier molecular flexibility index (Phi) is 4.21. The van der Waals surface area contributed by atoms with E-state index in [1.54, 1.807) is 0 Å². The number of aromatic nitrogens is 1. The minimum Gasteiger partial charge on any atom is -0.454 e. The van der Waals surface area contributed by atoms with E-state index in [1.807, 2.05) is 42.6 Å². The maximum Gasteiger partial charge on any atom is 0.231 e. The molecule has 6 heteroatoms. The molecule has 2 heterocycles. The van der Waals surface area contributed by atoms with Gasteiger partial charge >= 0.3 is 0 Å². The fourth-order valence-corrected chi connectivity index (χ4v) is 3.04. The van der Waals surface area contributed by atoms with Crippen molar-refractivity contribution in [1.29, 1.82) is 0 Å². The highest BCUT2D eigenvalue weighted by atomic mass is 32.1. The van der Waals surface area contributed by atoms with Gasteiger partial charge in [-0.25, -0.2) is 0 Å². The van der Waals surface area contributed by atoms with E-state index in [4.69, 9.17) is 21.7 Å². The molecule has 0 bridgehead atoms. The van der Waals surface area contributed by atoms with Crippen molar-refractivity contribution in [2.24, 2.45) is 0 Å². The first-order valence-corrected chi connectivity index (χ1v) is 8.53. The van der Waals surface area contributed by atoms with E-state index in [2.05, 4.69) is 15.2 Å². The lowest BCUT2D eigenvalue weighted by Crippen LogP contribution is -2.40. The Morgan fingerprint density at radius 2 is 2.08 bits per heavy atom. The summed E-state index contributed by atoms with van der Waals surface area (Å²) in [5.41, 5.74) is 2.16. The van der Waals surface area contributed by atoms with Gasteiger partial charge in [-0.05, 0) is 54.9 Å². The van der Waals surface area contributed by atoms with E-state index in [0.717, 1.165) is 34.4 Å². The number of nitrogens with one attached hydrogen (secondary N) is 1. The third kappa shape index (κ3) is 3.43. The zero-order valence-corrected chi connectivity index (χ0v) is 14.1. The molecule has 124 valence electrons. The van der Waals surface area contributed by atoms with Crippen molar-refractivity contribution in [3.63, 3.8) is 0 Å². The zero-order valence-electron chi connectivity index (χ0n) is 13.3.